The van der Waals surface area contributed by atoms with Crippen molar-refractivity contribution in [2.45, 2.75) is 51.2 Å². The van der Waals surface area contributed by atoms with E-state index in [0.29, 0.717) is 26.1 Å². The summed E-state index contributed by atoms with van der Waals surface area (Å²) in [5, 5.41) is 0. The molecule has 0 aliphatic carbocycles. The van der Waals surface area contributed by atoms with Crippen LogP contribution in [-0.4, -0.2) is 60.7 Å². The van der Waals surface area contributed by atoms with Crippen LogP contribution in [-0.2, 0) is 9.53 Å². The van der Waals surface area contributed by atoms with Gasteiger partial charge in [-0.15, -0.1) is 0 Å². The Morgan fingerprint density at radius 2 is 1.77 bits per heavy atom. The van der Waals surface area contributed by atoms with Gasteiger partial charge in [0, 0.05) is 32.5 Å². The SMILES string of the molecule is COC(=O)N1CCCC[C@@H]1C(=O)N1CCC(Oc2ccccc2C)CC1. The highest BCUT2D eigenvalue weighted by atomic mass is 16.5. The third kappa shape index (κ3) is 4.11. The van der Waals surface area contributed by atoms with Gasteiger partial charge < -0.3 is 14.4 Å². The maximum Gasteiger partial charge on any atom is 0.410 e. The van der Waals surface area contributed by atoms with Gasteiger partial charge in [-0.1, -0.05) is 18.2 Å². The Hall–Kier alpha value is -2.24. The van der Waals surface area contributed by atoms with Crippen LogP contribution in [0.1, 0.15) is 37.7 Å². The number of benzene rings is 1. The Kier molecular flexibility index (Phi) is 6.01. The fraction of sp³-hybridized carbons (Fsp3) is 0.600. The van der Waals surface area contributed by atoms with Crippen molar-refractivity contribution in [2.24, 2.45) is 0 Å². The normalized spacial score (nSPS) is 21.4. The molecule has 2 saturated heterocycles. The van der Waals surface area contributed by atoms with Crippen molar-refractivity contribution < 1.29 is 19.1 Å². The van der Waals surface area contributed by atoms with Crippen LogP contribution in [0.25, 0.3) is 0 Å². The van der Waals surface area contributed by atoms with Gasteiger partial charge in [-0.25, -0.2) is 4.79 Å². The minimum absolute atomic E-state index is 0.0458. The number of hydrogen-bond acceptors (Lipinski definition) is 4. The molecule has 0 radical (unpaired) electrons. The number of nitrogens with zero attached hydrogens (tertiary/aromatic N) is 2. The summed E-state index contributed by atoms with van der Waals surface area (Å²) in [6, 6.07) is 7.62. The Balaban J connectivity index is 1.56. The van der Waals surface area contributed by atoms with Crippen molar-refractivity contribution in [3.05, 3.63) is 29.8 Å². The lowest BCUT2D eigenvalue weighted by atomic mass is 9.99. The van der Waals surface area contributed by atoms with Crippen LogP contribution in [0, 0.1) is 6.92 Å². The summed E-state index contributed by atoms with van der Waals surface area (Å²) in [6.45, 7) is 3.97. The van der Waals surface area contributed by atoms with Crippen LogP contribution in [0.4, 0.5) is 4.79 Å². The van der Waals surface area contributed by atoms with Crippen molar-refractivity contribution in [3.8, 4) is 5.75 Å². The molecule has 142 valence electrons. The Labute approximate surface area is 155 Å². The Morgan fingerprint density at radius 3 is 2.46 bits per heavy atom. The lowest BCUT2D eigenvalue weighted by Crippen LogP contribution is -2.55. The zero-order valence-corrected chi connectivity index (χ0v) is 15.6. The number of rotatable bonds is 3. The van der Waals surface area contributed by atoms with Gasteiger partial charge in [0.15, 0.2) is 0 Å². The molecule has 0 aromatic heterocycles. The molecule has 2 aliphatic rings. The van der Waals surface area contributed by atoms with Gasteiger partial charge in [0.05, 0.1) is 7.11 Å². The van der Waals surface area contributed by atoms with Gasteiger partial charge in [-0.05, 0) is 37.8 Å². The van der Waals surface area contributed by atoms with Crippen molar-refractivity contribution >= 4 is 12.0 Å². The molecule has 2 amide bonds. The van der Waals surface area contributed by atoms with Crippen LogP contribution in [0.5, 0.6) is 5.75 Å². The molecular formula is C20H28N2O4. The lowest BCUT2D eigenvalue weighted by molar-refractivity contribution is -0.139. The second kappa shape index (κ2) is 8.43. The topological polar surface area (TPSA) is 59.1 Å². The fourth-order valence-corrected chi connectivity index (χ4v) is 3.80. The molecule has 6 heteroatoms. The van der Waals surface area contributed by atoms with Gasteiger partial charge in [0.2, 0.25) is 5.91 Å². The lowest BCUT2D eigenvalue weighted by Gasteiger charge is -2.39. The minimum Gasteiger partial charge on any atom is -0.490 e. The van der Waals surface area contributed by atoms with Crippen molar-refractivity contribution in [2.75, 3.05) is 26.7 Å². The first kappa shape index (κ1) is 18.5. The molecule has 1 aromatic rings. The number of ether oxygens (including phenoxy) is 2. The van der Waals surface area contributed by atoms with E-state index in [0.717, 1.165) is 37.0 Å². The van der Waals surface area contributed by atoms with E-state index in [2.05, 4.69) is 0 Å². The number of carbonyl (C=O) groups excluding carboxylic acids is 2. The number of aryl methyl sites for hydroxylation is 1. The van der Waals surface area contributed by atoms with Gasteiger partial charge >= 0.3 is 6.09 Å². The van der Waals surface area contributed by atoms with E-state index in [1.54, 1.807) is 4.90 Å². The molecule has 1 aromatic carbocycles. The summed E-state index contributed by atoms with van der Waals surface area (Å²) in [5.74, 6) is 0.964. The monoisotopic (exact) mass is 360 g/mol. The zero-order chi connectivity index (χ0) is 18.5. The van der Waals surface area contributed by atoms with E-state index >= 15 is 0 Å². The Morgan fingerprint density at radius 1 is 1.04 bits per heavy atom. The first-order valence-corrected chi connectivity index (χ1v) is 9.46. The van der Waals surface area contributed by atoms with E-state index in [-0.39, 0.29) is 18.1 Å². The van der Waals surface area contributed by atoms with Gasteiger partial charge in [-0.3, -0.25) is 9.69 Å². The number of methoxy groups -OCH3 is 1. The van der Waals surface area contributed by atoms with E-state index < -0.39 is 6.09 Å². The predicted octanol–water partition coefficient (Wildman–Crippen LogP) is 2.99. The van der Waals surface area contributed by atoms with Crippen molar-refractivity contribution in [3.63, 3.8) is 0 Å². The summed E-state index contributed by atoms with van der Waals surface area (Å²) in [6.07, 6.45) is 3.95. The smallest absolute Gasteiger partial charge is 0.410 e. The summed E-state index contributed by atoms with van der Waals surface area (Å²) < 4.78 is 11.0. The van der Waals surface area contributed by atoms with Crippen molar-refractivity contribution in [1.82, 2.24) is 9.80 Å². The first-order chi connectivity index (χ1) is 12.6. The van der Waals surface area contributed by atoms with E-state index in [1.807, 2.05) is 36.1 Å². The molecule has 0 bridgehead atoms. The van der Waals surface area contributed by atoms with Crippen LogP contribution in [0.15, 0.2) is 24.3 Å². The first-order valence-electron chi connectivity index (χ1n) is 9.46. The molecule has 0 N–H and O–H groups in total. The molecule has 2 heterocycles. The Bertz CT molecular complexity index is 640. The van der Waals surface area contributed by atoms with Crippen LogP contribution >= 0.6 is 0 Å². The van der Waals surface area contributed by atoms with E-state index in [1.165, 1.54) is 7.11 Å². The highest BCUT2D eigenvalue weighted by Crippen LogP contribution is 2.25. The fourth-order valence-electron chi connectivity index (χ4n) is 3.80. The second-order valence-corrected chi connectivity index (χ2v) is 7.08. The van der Waals surface area contributed by atoms with Crippen LogP contribution in [0.2, 0.25) is 0 Å². The maximum absolute atomic E-state index is 12.9. The second-order valence-electron chi connectivity index (χ2n) is 7.08. The average molecular weight is 360 g/mol. The highest BCUT2D eigenvalue weighted by Gasteiger charge is 2.36. The van der Waals surface area contributed by atoms with E-state index in [4.69, 9.17) is 9.47 Å². The third-order valence-electron chi connectivity index (χ3n) is 5.34. The molecule has 0 spiro atoms. The number of hydrogen-bond donors (Lipinski definition) is 0. The predicted molar refractivity (Wildman–Crippen MR) is 98.2 cm³/mol. The number of piperidine rings is 2. The standard InChI is InChI=1S/C20H28N2O4/c1-15-7-3-4-9-18(15)26-16-10-13-21(14-11-16)19(23)17-8-5-6-12-22(17)20(24)25-2/h3-4,7,9,16-17H,5-6,8,10-14H2,1-2H3/t17-/m1/s1. The number of amides is 2. The summed E-state index contributed by atoms with van der Waals surface area (Å²) in [4.78, 5) is 28.4. The molecule has 6 nitrogen and oxygen atoms in total. The number of likely N-dealkylation sites (tertiary alicyclic amines) is 2. The van der Waals surface area contributed by atoms with Crippen molar-refractivity contribution in [1.29, 1.82) is 0 Å². The molecule has 2 fully saturated rings. The molecule has 0 unspecified atom stereocenters. The largest absolute Gasteiger partial charge is 0.490 e. The van der Waals surface area contributed by atoms with Crippen LogP contribution < -0.4 is 4.74 Å². The number of carbonyl (C=O) groups is 2. The van der Waals surface area contributed by atoms with Crippen LogP contribution in [0.3, 0.4) is 0 Å². The molecule has 26 heavy (non-hydrogen) atoms. The number of para-hydroxylation sites is 1. The summed E-state index contributed by atoms with van der Waals surface area (Å²) in [7, 11) is 1.37. The average Bonchev–Trinajstić information content (AvgIpc) is 2.69. The quantitative estimate of drug-likeness (QED) is 0.831. The molecule has 0 saturated carbocycles. The van der Waals surface area contributed by atoms with Gasteiger partial charge in [-0.2, -0.15) is 0 Å². The maximum atomic E-state index is 12.9. The molecule has 1 atom stereocenters. The van der Waals surface area contributed by atoms with Gasteiger partial charge in [0.1, 0.15) is 17.9 Å². The minimum atomic E-state index is -0.402. The van der Waals surface area contributed by atoms with E-state index in [9.17, 15) is 9.59 Å². The molecular weight excluding hydrogens is 332 g/mol. The highest BCUT2D eigenvalue weighted by molar-refractivity contribution is 5.86. The van der Waals surface area contributed by atoms with Gasteiger partial charge in [0.25, 0.3) is 0 Å². The molecule has 2 aliphatic heterocycles. The summed E-state index contributed by atoms with van der Waals surface area (Å²) in [5.41, 5.74) is 1.13. The third-order valence-corrected chi connectivity index (χ3v) is 5.34. The molecule has 3 rings (SSSR count). The summed E-state index contributed by atoms with van der Waals surface area (Å²) >= 11 is 0. The zero-order valence-electron chi connectivity index (χ0n) is 15.6.